The zero-order valence-corrected chi connectivity index (χ0v) is 25.3. The SMILES string of the molecule is CC(C)C=O.FC(F)(F)C1(OCc2ccccc2)CNC1.N#CCC1CCCCC1.NC(=O)c1cn[nH]c1NC(=O)C1CC1. The van der Waals surface area contributed by atoms with Crippen molar-refractivity contribution >= 4 is 23.9 Å². The highest BCUT2D eigenvalue weighted by Crippen LogP contribution is 2.37. The molecule has 1 saturated heterocycles. The summed E-state index contributed by atoms with van der Waals surface area (Å²) in [5.41, 5.74) is 4.03. The number of aromatic nitrogens is 2. The molecule has 5 N–H and O–H groups in total. The van der Waals surface area contributed by atoms with Gasteiger partial charge in [-0.05, 0) is 37.2 Å². The van der Waals surface area contributed by atoms with Crippen molar-refractivity contribution < 1.29 is 32.3 Å². The Labute approximate surface area is 256 Å². The van der Waals surface area contributed by atoms with Crippen molar-refractivity contribution in [3.63, 3.8) is 0 Å². The van der Waals surface area contributed by atoms with Crippen LogP contribution in [0.25, 0.3) is 0 Å². The van der Waals surface area contributed by atoms with Crippen LogP contribution in [0, 0.1) is 29.1 Å². The van der Waals surface area contributed by atoms with E-state index in [2.05, 4.69) is 26.9 Å². The number of H-pyrrole nitrogens is 1. The lowest BCUT2D eigenvalue weighted by molar-refractivity contribution is -0.296. The normalized spacial score (nSPS) is 17.1. The third kappa shape index (κ3) is 12.5. The van der Waals surface area contributed by atoms with Crippen molar-refractivity contribution in [2.24, 2.45) is 23.5 Å². The summed E-state index contributed by atoms with van der Waals surface area (Å²) in [6.07, 6.45) is 7.21. The Morgan fingerprint density at radius 2 is 1.77 bits per heavy atom. The average molecular weight is 621 g/mol. The van der Waals surface area contributed by atoms with Crippen LogP contribution in [0.2, 0.25) is 0 Å². The number of carbonyl (C=O) groups excluding carboxylic acids is 3. The predicted octanol–water partition coefficient (Wildman–Crippen LogP) is 5.29. The van der Waals surface area contributed by atoms with E-state index in [9.17, 15) is 27.6 Å². The minimum Gasteiger partial charge on any atom is -0.365 e. The van der Waals surface area contributed by atoms with Gasteiger partial charge in [-0.25, -0.2) is 0 Å². The van der Waals surface area contributed by atoms with Gasteiger partial charge in [0.15, 0.2) is 5.60 Å². The molecule has 242 valence electrons. The molecule has 2 heterocycles. The maximum absolute atomic E-state index is 12.7. The van der Waals surface area contributed by atoms with Gasteiger partial charge in [-0.3, -0.25) is 14.7 Å². The Bertz CT molecular complexity index is 1200. The smallest absolute Gasteiger partial charge is 0.365 e. The molecule has 2 saturated carbocycles. The molecule has 5 rings (SSSR count). The van der Waals surface area contributed by atoms with Crippen molar-refractivity contribution in [1.82, 2.24) is 15.5 Å². The van der Waals surface area contributed by atoms with Gasteiger partial charge in [0.2, 0.25) is 5.91 Å². The van der Waals surface area contributed by atoms with E-state index in [4.69, 9.17) is 15.7 Å². The van der Waals surface area contributed by atoms with Gasteiger partial charge in [-0.15, -0.1) is 0 Å². The summed E-state index contributed by atoms with van der Waals surface area (Å²) in [6, 6.07) is 11.1. The van der Waals surface area contributed by atoms with Crippen LogP contribution in [0.5, 0.6) is 0 Å². The number of hydrogen-bond acceptors (Lipinski definition) is 7. The number of benzene rings is 1. The maximum Gasteiger partial charge on any atom is 0.419 e. The molecule has 0 radical (unpaired) electrons. The van der Waals surface area contributed by atoms with Crippen LogP contribution >= 0.6 is 0 Å². The monoisotopic (exact) mass is 620 g/mol. The second-order valence-corrected chi connectivity index (χ2v) is 11.4. The van der Waals surface area contributed by atoms with Crippen LogP contribution in [-0.4, -0.2) is 53.2 Å². The van der Waals surface area contributed by atoms with Crippen LogP contribution in [0.15, 0.2) is 36.5 Å². The fourth-order valence-electron chi connectivity index (χ4n) is 4.19. The predicted molar refractivity (Wildman–Crippen MR) is 159 cm³/mol. The molecular weight excluding hydrogens is 577 g/mol. The molecule has 1 aliphatic heterocycles. The first-order valence-corrected chi connectivity index (χ1v) is 14.8. The van der Waals surface area contributed by atoms with Crippen molar-refractivity contribution in [1.29, 1.82) is 5.26 Å². The Kier molecular flexibility index (Phi) is 15.0. The highest BCUT2D eigenvalue weighted by atomic mass is 19.4. The molecule has 0 atom stereocenters. The largest absolute Gasteiger partial charge is 0.419 e. The number of rotatable bonds is 8. The summed E-state index contributed by atoms with van der Waals surface area (Å²) < 4.78 is 43.1. The molecule has 44 heavy (non-hydrogen) atoms. The highest BCUT2D eigenvalue weighted by molar-refractivity contribution is 6.02. The number of primary amides is 1. The van der Waals surface area contributed by atoms with Crippen molar-refractivity contribution in [2.45, 2.75) is 83.6 Å². The number of alkyl halides is 3. The minimum atomic E-state index is -4.31. The molecule has 3 fully saturated rings. The molecule has 0 spiro atoms. The topological polar surface area (TPSA) is 163 Å². The number of nitrogens with one attached hydrogen (secondary N) is 3. The number of halogens is 3. The maximum atomic E-state index is 12.7. The molecule has 0 unspecified atom stereocenters. The minimum absolute atomic E-state index is 0.0119. The summed E-state index contributed by atoms with van der Waals surface area (Å²) in [6.45, 7) is 3.37. The quantitative estimate of drug-likeness (QED) is 0.292. The van der Waals surface area contributed by atoms with Crippen LogP contribution in [-0.2, 0) is 20.9 Å². The summed E-state index contributed by atoms with van der Waals surface area (Å²) in [7, 11) is 0. The van der Waals surface area contributed by atoms with Crippen LogP contribution < -0.4 is 16.4 Å². The van der Waals surface area contributed by atoms with E-state index in [1.165, 1.54) is 38.3 Å². The first kappa shape index (κ1) is 36.4. The molecule has 3 aliphatic rings. The standard InChI is InChI=1S/C11H12F3NO.C8H10N4O2.C8H13N.C4H8O/c12-11(13,14)10(7-15-8-10)16-6-9-4-2-1-3-5-9;9-6(13)5-3-10-12-7(5)11-8(14)4-1-2-4;9-7-6-8-4-2-1-3-5-8;1-4(2)3-5/h1-5,15H,6-8H2;3-4H,1-2H2,(H2,9,13)(H2,10,11,12,14);8H,1-6H2;3-4H,1-2H3. The van der Waals surface area contributed by atoms with E-state index in [1.54, 1.807) is 24.3 Å². The number of carbonyl (C=O) groups is 3. The highest BCUT2D eigenvalue weighted by Gasteiger charge is 2.60. The Hall–Kier alpha value is -3.76. The number of amides is 2. The number of anilines is 1. The first-order chi connectivity index (χ1) is 20.9. The third-order valence-electron chi connectivity index (χ3n) is 7.17. The Morgan fingerprint density at radius 1 is 1.16 bits per heavy atom. The van der Waals surface area contributed by atoms with Gasteiger partial charge < -0.3 is 25.9 Å². The average Bonchev–Trinajstić information content (AvgIpc) is 3.72. The van der Waals surface area contributed by atoms with E-state index in [0.717, 1.165) is 37.0 Å². The molecule has 10 nitrogen and oxygen atoms in total. The molecule has 1 aromatic carbocycles. The van der Waals surface area contributed by atoms with Crippen molar-refractivity contribution in [3.05, 3.63) is 47.7 Å². The fraction of sp³-hybridized carbons (Fsp3) is 0.581. The molecule has 2 aromatic rings. The molecule has 2 aliphatic carbocycles. The van der Waals surface area contributed by atoms with E-state index >= 15 is 0 Å². The molecule has 0 bridgehead atoms. The lowest BCUT2D eigenvalue weighted by atomic mass is 9.87. The lowest BCUT2D eigenvalue weighted by Crippen LogP contribution is -2.69. The number of aldehydes is 1. The van der Waals surface area contributed by atoms with E-state index < -0.39 is 17.7 Å². The van der Waals surface area contributed by atoms with Gasteiger partial charge in [0.25, 0.3) is 5.91 Å². The zero-order valence-electron chi connectivity index (χ0n) is 25.3. The van der Waals surface area contributed by atoms with Crippen LogP contribution in [0.4, 0.5) is 19.0 Å². The Balaban J connectivity index is 0.000000220. The Morgan fingerprint density at radius 3 is 2.23 bits per heavy atom. The number of aromatic amines is 1. The molecule has 1 aromatic heterocycles. The summed E-state index contributed by atoms with van der Waals surface area (Å²) >= 11 is 0. The number of nitrogens with two attached hydrogens (primary N) is 1. The first-order valence-electron chi connectivity index (χ1n) is 14.8. The number of hydrogen-bond donors (Lipinski definition) is 4. The number of ether oxygens (including phenoxy) is 1. The van der Waals surface area contributed by atoms with E-state index in [-0.39, 0.29) is 48.8 Å². The van der Waals surface area contributed by atoms with E-state index in [0.29, 0.717) is 0 Å². The van der Waals surface area contributed by atoms with E-state index in [1.807, 2.05) is 19.9 Å². The summed E-state index contributed by atoms with van der Waals surface area (Å²) in [5, 5.41) is 19.7. The third-order valence-corrected chi connectivity index (χ3v) is 7.17. The van der Waals surface area contributed by atoms with Gasteiger partial charge in [0.1, 0.15) is 17.7 Å². The zero-order chi connectivity index (χ0) is 32.6. The van der Waals surface area contributed by atoms with Crippen molar-refractivity contribution in [2.75, 3.05) is 18.4 Å². The summed E-state index contributed by atoms with van der Waals surface area (Å²) in [4.78, 5) is 31.7. The molecule has 2 amide bonds. The van der Waals surface area contributed by atoms with Crippen LogP contribution in [0.3, 0.4) is 0 Å². The van der Waals surface area contributed by atoms with Gasteiger partial charge in [0, 0.05) is 31.3 Å². The lowest BCUT2D eigenvalue weighted by Gasteiger charge is -2.43. The van der Waals surface area contributed by atoms with Crippen molar-refractivity contribution in [3.8, 4) is 6.07 Å². The second-order valence-electron chi connectivity index (χ2n) is 11.4. The van der Waals surface area contributed by atoms with Gasteiger partial charge in [-0.1, -0.05) is 63.4 Å². The van der Waals surface area contributed by atoms with Gasteiger partial charge >= 0.3 is 6.18 Å². The molecule has 13 heteroatoms. The fourth-order valence-corrected chi connectivity index (χ4v) is 4.19. The second kappa shape index (κ2) is 18.1. The molecular formula is C31H43F3N6O4. The number of nitrogens with zero attached hydrogens (tertiary/aromatic N) is 2. The van der Waals surface area contributed by atoms with Gasteiger partial charge in [0.05, 0.1) is 18.9 Å². The van der Waals surface area contributed by atoms with Crippen LogP contribution in [0.1, 0.15) is 81.1 Å². The number of nitriles is 1. The summed E-state index contributed by atoms with van der Waals surface area (Å²) in [5.74, 6) is 0.619. The van der Waals surface area contributed by atoms with Gasteiger partial charge in [-0.2, -0.15) is 23.5 Å².